The van der Waals surface area contributed by atoms with Crippen molar-refractivity contribution in [2.75, 3.05) is 0 Å². The summed E-state index contributed by atoms with van der Waals surface area (Å²) in [6, 6.07) is 7.86. The van der Waals surface area contributed by atoms with Crippen molar-refractivity contribution in [3.8, 4) is 10.4 Å². The van der Waals surface area contributed by atoms with E-state index in [4.69, 9.17) is 11.6 Å². The molecule has 0 amide bonds. The normalized spacial score (nSPS) is 10.3. The average Bonchev–Trinajstić information content (AvgIpc) is 2.60. The van der Waals surface area contributed by atoms with E-state index in [1.165, 1.54) is 11.3 Å². The van der Waals surface area contributed by atoms with E-state index in [2.05, 4.69) is 4.98 Å². The fraction of sp³-hybridized carbons (Fsp3) is 0.0909. The Bertz CT molecular complexity index is 507. The number of benzene rings is 1. The second-order valence-corrected chi connectivity index (χ2v) is 4.70. The number of carbonyl (C=O) groups excluding carboxylic acids is 1. The molecule has 0 spiro atoms. The number of nitrogens with zero attached hydrogens (tertiary/aromatic N) is 1. The molecule has 4 heteroatoms. The van der Waals surface area contributed by atoms with Crippen LogP contribution in [0.1, 0.15) is 16.1 Å². The molecule has 2 nitrogen and oxygen atoms in total. The number of carbonyl (C=O) groups is 1. The van der Waals surface area contributed by atoms with Gasteiger partial charge in [-0.05, 0) is 18.1 Å². The smallest absolute Gasteiger partial charge is 0.184 e. The van der Waals surface area contributed by atoms with Crippen molar-refractivity contribution < 1.29 is 4.79 Å². The molecule has 1 aromatic heterocycles. The molecular weight excluding hydrogens is 230 g/mol. The van der Waals surface area contributed by atoms with Crippen LogP contribution in [0.15, 0.2) is 24.3 Å². The number of halogens is 1. The van der Waals surface area contributed by atoms with Gasteiger partial charge in [0.2, 0.25) is 0 Å². The van der Waals surface area contributed by atoms with E-state index in [1.807, 2.05) is 31.2 Å². The Morgan fingerprint density at radius 1 is 1.40 bits per heavy atom. The largest absolute Gasteiger partial charge is 0.296 e. The fourth-order valence-corrected chi connectivity index (χ4v) is 2.58. The van der Waals surface area contributed by atoms with Crippen molar-refractivity contribution in [2.45, 2.75) is 6.92 Å². The van der Waals surface area contributed by atoms with Gasteiger partial charge in [0, 0.05) is 0 Å². The summed E-state index contributed by atoms with van der Waals surface area (Å²) in [6.45, 7) is 2.00. The quantitative estimate of drug-likeness (QED) is 0.748. The number of aryl methyl sites for hydroxylation is 1. The summed E-state index contributed by atoms with van der Waals surface area (Å²) in [6.07, 6.45) is 0.740. The Morgan fingerprint density at radius 3 is 2.80 bits per heavy atom. The second kappa shape index (κ2) is 4.13. The van der Waals surface area contributed by atoms with Gasteiger partial charge in [-0.25, -0.2) is 4.98 Å². The summed E-state index contributed by atoms with van der Waals surface area (Å²) in [5.74, 6) is 0. The van der Waals surface area contributed by atoms with Gasteiger partial charge in [0.25, 0.3) is 0 Å². The summed E-state index contributed by atoms with van der Waals surface area (Å²) in [5, 5.41) is 0. The van der Waals surface area contributed by atoms with Gasteiger partial charge in [-0.2, -0.15) is 0 Å². The van der Waals surface area contributed by atoms with Gasteiger partial charge in [-0.1, -0.05) is 35.9 Å². The first-order chi connectivity index (χ1) is 7.22. The van der Waals surface area contributed by atoms with E-state index in [0.717, 1.165) is 22.3 Å². The standard InChI is InChI=1S/C11H8ClNOS/c1-7-4-2-3-5-8(7)10-9(6-14)13-11(12)15-10/h2-6H,1H3. The first-order valence-corrected chi connectivity index (χ1v) is 5.59. The van der Waals surface area contributed by atoms with Gasteiger partial charge in [-0.15, -0.1) is 11.3 Å². The van der Waals surface area contributed by atoms with Crippen molar-refractivity contribution >= 4 is 29.2 Å². The van der Waals surface area contributed by atoms with Crippen LogP contribution in [0.5, 0.6) is 0 Å². The lowest BCUT2D eigenvalue weighted by atomic mass is 10.1. The summed E-state index contributed by atoms with van der Waals surface area (Å²) in [5.41, 5.74) is 2.55. The lowest BCUT2D eigenvalue weighted by Gasteiger charge is -2.01. The molecule has 0 bridgehead atoms. The molecule has 0 aliphatic rings. The Balaban J connectivity index is 2.63. The second-order valence-electron chi connectivity index (χ2n) is 3.11. The van der Waals surface area contributed by atoms with E-state index in [0.29, 0.717) is 10.2 Å². The fourth-order valence-electron chi connectivity index (χ4n) is 1.41. The molecule has 0 fully saturated rings. The van der Waals surface area contributed by atoms with Crippen molar-refractivity contribution in [2.24, 2.45) is 0 Å². The number of hydrogen-bond acceptors (Lipinski definition) is 3. The zero-order valence-electron chi connectivity index (χ0n) is 8.03. The number of rotatable bonds is 2. The molecule has 0 aliphatic carbocycles. The van der Waals surface area contributed by atoms with Crippen LogP contribution in [0.4, 0.5) is 0 Å². The van der Waals surface area contributed by atoms with Gasteiger partial charge in [0.15, 0.2) is 10.8 Å². The molecule has 0 saturated carbocycles. The van der Waals surface area contributed by atoms with Crippen LogP contribution < -0.4 is 0 Å². The minimum absolute atomic E-state index is 0.398. The van der Waals surface area contributed by atoms with Crippen LogP contribution in [-0.4, -0.2) is 11.3 Å². The highest BCUT2D eigenvalue weighted by Gasteiger charge is 2.12. The van der Waals surface area contributed by atoms with E-state index >= 15 is 0 Å². The number of hydrogen-bond donors (Lipinski definition) is 0. The van der Waals surface area contributed by atoms with Crippen molar-refractivity contribution in [1.82, 2.24) is 4.98 Å². The molecule has 0 unspecified atom stereocenters. The van der Waals surface area contributed by atoms with Crippen molar-refractivity contribution in [3.63, 3.8) is 0 Å². The highest BCUT2D eigenvalue weighted by Crippen LogP contribution is 2.33. The minimum Gasteiger partial charge on any atom is -0.296 e. The molecular formula is C11H8ClNOS. The van der Waals surface area contributed by atoms with Gasteiger partial charge in [0.05, 0.1) is 4.88 Å². The van der Waals surface area contributed by atoms with E-state index in [9.17, 15) is 4.79 Å². The summed E-state index contributed by atoms with van der Waals surface area (Å²) >= 11 is 7.12. The number of aldehydes is 1. The van der Waals surface area contributed by atoms with Crippen LogP contribution in [0.25, 0.3) is 10.4 Å². The summed E-state index contributed by atoms with van der Waals surface area (Å²) in [4.78, 5) is 15.6. The molecule has 0 radical (unpaired) electrons. The Kier molecular flexibility index (Phi) is 2.84. The predicted octanol–water partition coefficient (Wildman–Crippen LogP) is 3.58. The molecule has 1 heterocycles. The van der Waals surface area contributed by atoms with Crippen molar-refractivity contribution in [3.05, 3.63) is 40.0 Å². The topological polar surface area (TPSA) is 30.0 Å². The highest BCUT2D eigenvalue weighted by molar-refractivity contribution is 7.19. The van der Waals surface area contributed by atoms with Gasteiger partial charge >= 0.3 is 0 Å². The van der Waals surface area contributed by atoms with E-state index in [1.54, 1.807) is 0 Å². The van der Waals surface area contributed by atoms with E-state index in [-0.39, 0.29) is 0 Å². The Labute approximate surface area is 96.5 Å². The van der Waals surface area contributed by atoms with Crippen LogP contribution in [0.3, 0.4) is 0 Å². The minimum atomic E-state index is 0.398. The molecule has 0 atom stereocenters. The maximum absolute atomic E-state index is 10.8. The molecule has 15 heavy (non-hydrogen) atoms. The van der Waals surface area contributed by atoms with Crippen molar-refractivity contribution in [1.29, 1.82) is 0 Å². The zero-order chi connectivity index (χ0) is 10.8. The molecule has 0 aliphatic heterocycles. The molecule has 0 N–H and O–H groups in total. The molecule has 2 aromatic rings. The summed E-state index contributed by atoms with van der Waals surface area (Å²) < 4.78 is 0.398. The summed E-state index contributed by atoms with van der Waals surface area (Å²) in [7, 11) is 0. The third-order valence-corrected chi connectivity index (χ3v) is 3.34. The lowest BCUT2D eigenvalue weighted by Crippen LogP contribution is -1.85. The van der Waals surface area contributed by atoms with Crippen LogP contribution in [0, 0.1) is 6.92 Å². The van der Waals surface area contributed by atoms with E-state index < -0.39 is 0 Å². The number of aromatic nitrogens is 1. The van der Waals surface area contributed by atoms with Crippen LogP contribution >= 0.6 is 22.9 Å². The maximum atomic E-state index is 10.8. The predicted molar refractivity (Wildman–Crippen MR) is 62.7 cm³/mol. The Hall–Kier alpha value is -1.19. The van der Waals surface area contributed by atoms with Crippen LogP contribution in [0.2, 0.25) is 4.47 Å². The first kappa shape index (κ1) is 10.3. The van der Waals surface area contributed by atoms with Gasteiger partial charge in [0.1, 0.15) is 5.69 Å². The molecule has 1 aromatic carbocycles. The van der Waals surface area contributed by atoms with Gasteiger partial charge in [-0.3, -0.25) is 4.79 Å². The third-order valence-electron chi connectivity index (χ3n) is 2.13. The molecule has 0 saturated heterocycles. The Morgan fingerprint density at radius 2 is 2.13 bits per heavy atom. The molecule has 76 valence electrons. The monoisotopic (exact) mass is 237 g/mol. The number of thiazole rings is 1. The van der Waals surface area contributed by atoms with Crippen LogP contribution in [-0.2, 0) is 0 Å². The maximum Gasteiger partial charge on any atom is 0.184 e. The third kappa shape index (κ3) is 1.94. The molecule has 2 rings (SSSR count). The zero-order valence-corrected chi connectivity index (χ0v) is 9.60. The SMILES string of the molecule is Cc1ccccc1-c1sc(Cl)nc1C=O. The lowest BCUT2D eigenvalue weighted by molar-refractivity contribution is 0.112. The average molecular weight is 238 g/mol. The first-order valence-electron chi connectivity index (χ1n) is 4.40. The highest BCUT2D eigenvalue weighted by atomic mass is 35.5. The van der Waals surface area contributed by atoms with Gasteiger partial charge < -0.3 is 0 Å².